The van der Waals surface area contributed by atoms with Crippen molar-refractivity contribution >= 4 is 56.1 Å². The summed E-state index contributed by atoms with van der Waals surface area (Å²) >= 11 is 9.72. The second-order valence-corrected chi connectivity index (χ2v) is 14.8. The highest BCUT2D eigenvalue weighted by Crippen LogP contribution is 2.55. The maximum absolute atomic E-state index is 15.7. The molecule has 42 heavy (non-hydrogen) atoms. The first-order valence-electron chi connectivity index (χ1n) is 15.5. The standard InChI is InChI=1S/C33H46BrClFN3O3/c1-8-11-18(4)12-19(9-2)13-20(10-3)14-24-29-25(22-15-23(35)26(34)27(36)28(22)38-24)33(30(40)39-29)16-21(17-33)37-31(41)42-32(5,6)7/h15,18-21H,8-14,16-17H2,1-7H3,(H,37,41)(H,39,40). The van der Waals surface area contributed by atoms with E-state index in [1.54, 1.807) is 6.07 Å². The van der Waals surface area contributed by atoms with Gasteiger partial charge in [-0.25, -0.2) is 14.2 Å². The Morgan fingerprint density at radius 2 is 1.90 bits per heavy atom. The van der Waals surface area contributed by atoms with Gasteiger partial charge in [-0.3, -0.25) is 4.79 Å². The number of aromatic nitrogens is 1. The summed E-state index contributed by atoms with van der Waals surface area (Å²) in [5.41, 5.74) is 0.869. The fourth-order valence-electron chi connectivity index (χ4n) is 6.98. The molecule has 2 aliphatic rings. The third-order valence-electron chi connectivity index (χ3n) is 9.07. The van der Waals surface area contributed by atoms with E-state index >= 15 is 4.39 Å². The zero-order chi connectivity index (χ0) is 31.0. The van der Waals surface area contributed by atoms with Gasteiger partial charge < -0.3 is 15.4 Å². The van der Waals surface area contributed by atoms with E-state index in [-0.39, 0.29) is 27.0 Å². The lowest BCUT2D eigenvalue weighted by molar-refractivity contribution is -0.124. The quantitative estimate of drug-likeness (QED) is 0.234. The number of anilines is 1. The summed E-state index contributed by atoms with van der Waals surface area (Å²) in [5.74, 6) is 1.00. The van der Waals surface area contributed by atoms with Crippen molar-refractivity contribution in [3.05, 3.63) is 32.6 Å². The fourth-order valence-corrected chi connectivity index (χ4v) is 7.47. The first kappa shape index (κ1) is 33.0. The van der Waals surface area contributed by atoms with Crippen LogP contribution in [0.25, 0.3) is 10.9 Å². The molecule has 232 valence electrons. The molecule has 0 bridgehead atoms. The number of hydrogen-bond donors (Lipinski definition) is 2. The molecule has 1 aromatic carbocycles. The van der Waals surface area contributed by atoms with E-state index in [1.807, 2.05) is 20.8 Å². The van der Waals surface area contributed by atoms with Crippen molar-refractivity contribution < 1.29 is 18.7 Å². The zero-order valence-corrected chi connectivity index (χ0v) is 28.4. The largest absolute Gasteiger partial charge is 0.444 e. The van der Waals surface area contributed by atoms with Crippen molar-refractivity contribution in [1.82, 2.24) is 10.3 Å². The lowest BCUT2D eigenvalue weighted by atomic mass is 9.61. The van der Waals surface area contributed by atoms with Gasteiger partial charge in [-0.1, -0.05) is 65.0 Å². The molecule has 6 nitrogen and oxygen atoms in total. The third-order valence-corrected chi connectivity index (χ3v) is 10.4. The molecule has 1 aliphatic carbocycles. The lowest BCUT2D eigenvalue weighted by Gasteiger charge is -2.44. The van der Waals surface area contributed by atoms with Crippen molar-refractivity contribution in [2.75, 3.05) is 5.32 Å². The number of amides is 2. The van der Waals surface area contributed by atoms with Gasteiger partial charge in [-0.15, -0.1) is 0 Å². The summed E-state index contributed by atoms with van der Waals surface area (Å²) in [5, 5.41) is 6.81. The minimum Gasteiger partial charge on any atom is -0.444 e. The lowest BCUT2D eigenvalue weighted by Crippen LogP contribution is -2.56. The number of carbonyl (C=O) groups is 2. The van der Waals surface area contributed by atoms with Gasteiger partial charge in [0.2, 0.25) is 5.91 Å². The fraction of sp³-hybridized carbons (Fsp3) is 0.667. The molecule has 3 atom stereocenters. The average Bonchev–Trinajstić information content (AvgIpc) is 3.19. The van der Waals surface area contributed by atoms with Crippen LogP contribution < -0.4 is 10.6 Å². The molecule has 1 aromatic heterocycles. The number of rotatable bonds is 11. The first-order valence-corrected chi connectivity index (χ1v) is 16.7. The molecule has 4 rings (SSSR count). The summed E-state index contributed by atoms with van der Waals surface area (Å²) in [6.07, 6.45) is 7.74. The predicted octanol–water partition coefficient (Wildman–Crippen LogP) is 9.48. The molecule has 1 saturated carbocycles. The van der Waals surface area contributed by atoms with Gasteiger partial charge in [-0.05, 0) is 92.6 Å². The highest BCUT2D eigenvalue weighted by molar-refractivity contribution is 9.10. The van der Waals surface area contributed by atoms with E-state index in [9.17, 15) is 9.59 Å². The van der Waals surface area contributed by atoms with E-state index < -0.39 is 22.9 Å². The molecule has 1 fully saturated rings. The molecule has 2 N–H and O–H groups in total. The number of hydrogen-bond acceptors (Lipinski definition) is 4. The van der Waals surface area contributed by atoms with Gasteiger partial charge in [0.15, 0.2) is 5.82 Å². The molecule has 2 aromatic rings. The van der Waals surface area contributed by atoms with Crippen molar-refractivity contribution in [3.63, 3.8) is 0 Å². The molecule has 1 spiro atoms. The van der Waals surface area contributed by atoms with E-state index in [1.165, 1.54) is 19.3 Å². The van der Waals surface area contributed by atoms with Crippen LogP contribution in [0.1, 0.15) is 111 Å². The summed E-state index contributed by atoms with van der Waals surface area (Å²) in [6, 6.07) is 1.47. The summed E-state index contributed by atoms with van der Waals surface area (Å²) in [4.78, 5) is 31.0. The Labute approximate surface area is 263 Å². The van der Waals surface area contributed by atoms with Crippen LogP contribution in [0, 0.1) is 23.6 Å². The van der Waals surface area contributed by atoms with Crippen LogP contribution >= 0.6 is 27.5 Å². The molecule has 2 heterocycles. The van der Waals surface area contributed by atoms with Crippen molar-refractivity contribution in [2.24, 2.45) is 17.8 Å². The Bertz CT molecular complexity index is 1340. The molecule has 0 radical (unpaired) electrons. The molecule has 9 heteroatoms. The third kappa shape index (κ3) is 6.74. The van der Waals surface area contributed by atoms with Crippen LogP contribution in [0.2, 0.25) is 5.02 Å². The van der Waals surface area contributed by atoms with Crippen LogP contribution in [0.4, 0.5) is 14.9 Å². The van der Waals surface area contributed by atoms with Crippen LogP contribution in [0.5, 0.6) is 0 Å². The van der Waals surface area contributed by atoms with Gasteiger partial charge in [0.1, 0.15) is 11.1 Å². The van der Waals surface area contributed by atoms with E-state index in [0.29, 0.717) is 48.1 Å². The topological polar surface area (TPSA) is 80.3 Å². The van der Waals surface area contributed by atoms with Crippen LogP contribution in [0.3, 0.4) is 0 Å². The highest BCUT2D eigenvalue weighted by Gasteiger charge is 2.58. The van der Waals surface area contributed by atoms with E-state index in [2.05, 4.69) is 54.3 Å². The minimum absolute atomic E-state index is 0.136. The van der Waals surface area contributed by atoms with Gasteiger partial charge in [0.05, 0.1) is 26.3 Å². The number of ether oxygens (including phenoxy) is 1. The Morgan fingerprint density at radius 3 is 2.50 bits per heavy atom. The number of nitrogens with zero attached hydrogens (tertiary/aromatic N) is 1. The van der Waals surface area contributed by atoms with E-state index in [4.69, 9.17) is 21.3 Å². The van der Waals surface area contributed by atoms with Crippen LogP contribution in [0.15, 0.2) is 10.5 Å². The van der Waals surface area contributed by atoms with Crippen molar-refractivity contribution in [1.29, 1.82) is 0 Å². The molecule has 3 unspecified atom stereocenters. The number of carbonyl (C=O) groups excluding carboxylic acids is 2. The highest BCUT2D eigenvalue weighted by atomic mass is 79.9. The predicted molar refractivity (Wildman–Crippen MR) is 172 cm³/mol. The van der Waals surface area contributed by atoms with Crippen molar-refractivity contribution in [3.8, 4) is 0 Å². The van der Waals surface area contributed by atoms with Crippen LogP contribution in [-0.4, -0.2) is 28.6 Å². The smallest absolute Gasteiger partial charge is 0.407 e. The maximum atomic E-state index is 15.7. The Kier molecular flexibility index (Phi) is 10.2. The van der Waals surface area contributed by atoms with Crippen molar-refractivity contribution in [2.45, 2.75) is 123 Å². The normalized spacial score (nSPS) is 22.0. The average molecular weight is 667 g/mol. The molecule has 1 aliphatic heterocycles. The second kappa shape index (κ2) is 13.0. The first-order chi connectivity index (χ1) is 19.7. The Balaban J connectivity index is 1.69. The monoisotopic (exact) mass is 665 g/mol. The second-order valence-electron chi connectivity index (χ2n) is 13.6. The number of pyridine rings is 1. The minimum atomic E-state index is -0.891. The van der Waals surface area contributed by atoms with Gasteiger partial charge in [0.25, 0.3) is 0 Å². The van der Waals surface area contributed by atoms with Gasteiger partial charge in [0, 0.05) is 17.0 Å². The SMILES string of the molecule is CCCC(C)CC(CC)CC(CC)Cc1nc2c(F)c(Br)c(Cl)cc2c2c1NC(=O)C21CC(NC(=O)OC(C)(C)C)C1. The Hall–Kier alpha value is -1.93. The molecule has 0 saturated heterocycles. The molecular formula is C33H46BrClFN3O3. The van der Waals surface area contributed by atoms with E-state index in [0.717, 1.165) is 30.5 Å². The number of nitrogens with one attached hydrogen (secondary N) is 2. The number of alkyl carbamates (subject to hydrolysis) is 1. The molecular weight excluding hydrogens is 621 g/mol. The van der Waals surface area contributed by atoms with Gasteiger partial charge in [-0.2, -0.15) is 0 Å². The maximum Gasteiger partial charge on any atom is 0.407 e. The zero-order valence-electron chi connectivity index (χ0n) is 26.1. The number of halogens is 3. The number of fused-ring (bicyclic) bond motifs is 4. The molecule has 2 amide bonds. The summed E-state index contributed by atoms with van der Waals surface area (Å²) < 4.78 is 21.3. The Morgan fingerprint density at radius 1 is 1.24 bits per heavy atom. The summed E-state index contributed by atoms with van der Waals surface area (Å²) in [7, 11) is 0. The summed E-state index contributed by atoms with van der Waals surface area (Å²) in [6.45, 7) is 14.5. The number of benzene rings is 1. The van der Waals surface area contributed by atoms with Gasteiger partial charge >= 0.3 is 6.09 Å². The van der Waals surface area contributed by atoms with Crippen LogP contribution in [-0.2, 0) is 21.4 Å².